The highest BCUT2D eigenvalue weighted by Gasteiger charge is 2.26. The summed E-state index contributed by atoms with van der Waals surface area (Å²) in [5, 5.41) is 14.6. The van der Waals surface area contributed by atoms with Gasteiger partial charge >= 0.3 is 0 Å². The van der Waals surface area contributed by atoms with Gasteiger partial charge in [-0.05, 0) is 37.1 Å². The second kappa shape index (κ2) is 11.8. The van der Waals surface area contributed by atoms with Crippen LogP contribution in [0.4, 0.5) is 0 Å². The zero-order valence-corrected chi connectivity index (χ0v) is 21.5. The highest BCUT2D eigenvalue weighted by atomic mass is 32.2. The second-order valence-electron chi connectivity index (χ2n) is 8.22. The summed E-state index contributed by atoms with van der Waals surface area (Å²) in [6.45, 7) is 4.36. The summed E-state index contributed by atoms with van der Waals surface area (Å²) >= 11 is 0. The molecule has 0 aliphatic rings. The molecule has 0 unspecified atom stereocenters. The number of nitrogens with zero attached hydrogens (tertiary/aromatic N) is 3. The van der Waals surface area contributed by atoms with E-state index in [4.69, 9.17) is 9.47 Å². The topological polar surface area (TPSA) is 127 Å². The fourth-order valence-electron chi connectivity index (χ4n) is 3.97. The SMILES string of the molecule is CCCOc1ccc(S(=O)(=O)N(CCO)CCOC)cc1-c1cc2c(CCC)nn(C)c2c(=O)[nH]1. The quantitative estimate of drug-likeness (QED) is 0.364. The lowest BCUT2D eigenvalue weighted by Crippen LogP contribution is -2.36. The predicted octanol–water partition coefficient (Wildman–Crippen LogP) is 2.30. The van der Waals surface area contributed by atoms with E-state index in [0.29, 0.717) is 35.6 Å². The van der Waals surface area contributed by atoms with Gasteiger partial charge in [0.2, 0.25) is 10.0 Å². The van der Waals surface area contributed by atoms with Crippen LogP contribution in [0.15, 0.2) is 34.0 Å². The van der Waals surface area contributed by atoms with Crippen molar-refractivity contribution in [3.05, 3.63) is 40.3 Å². The van der Waals surface area contributed by atoms with E-state index in [9.17, 15) is 18.3 Å². The van der Waals surface area contributed by atoms with E-state index in [1.54, 1.807) is 17.8 Å². The van der Waals surface area contributed by atoms with Crippen LogP contribution in [-0.4, -0.2) is 72.6 Å². The minimum atomic E-state index is -3.94. The van der Waals surface area contributed by atoms with E-state index >= 15 is 0 Å². The lowest BCUT2D eigenvalue weighted by molar-refractivity contribution is 0.168. The molecule has 0 aliphatic heterocycles. The molecule has 0 fully saturated rings. The van der Waals surface area contributed by atoms with E-state index in [2.05, 4.69) is 10.1 Å². The van der Waals surface area contributed by atoms with Crippen LogP contribution in [0.2, 0.25) is 0 Å². The molecule has 0 saturated heterocycles. The number of hydrogen-bond acceptors (Lipinski definition) is 7. The minimum Gasteiger partial charge on any atom is -0.493 e. The van der Waals surface area contributed by atoms with Crippen LogP contribution in [0, 0.1) is 0 Å². The maximum absolute atomic E-state index is 13.4. The van der Waals surface area contributed by atoms with Crippen LogP contribution in [0.5, 0.6) is 5.75 Å². The highest BCUT2D eigenvalue weighted by Crippen LogP contribution is 2.33. The molecule has 2 N–H and O–H groups in total. The van der Waals surface area contributed by atoms with Crippen LogP contribution >= 0.6 is 0 Å². The summed E-state index contributed by atoms with van der Waals surface area (Å²) < 4.78 is 40.5. The normalized spacial score (nSPS) is 12.1. The molecule has 0 atom stereocenters. The van der Waals surface area contributed by atoms with Crippen LogP contribution in [0.25, 0.3) is 22.2 Å². The lowest BCUT2D eigenvalue weighted by Gasteiger charge is -2.22. The fourth-order valence-corrected chi connectivity index (χ4v) is 5.41. The summed E-state index contributed by atoms with van der Waals surface area (Å²) in [4.78, 5) is 15.9. The summed E-state index contributed by atoms with van der Waals surface area (Å²) in [6.07, 6.45) is 2.35. The third-order valence-electron chi connectivity index (χ3n) is 5.63. The van der Waals surface area contributed by atoms with Gasteiger partial charge in [-0.25, -0.2) is 8.42 Å². The van der Waals surface area contributed by atoms with Gasteiger partial charge in [0.1, 0.15) is 11.3 Å². The number of nitrogens with one attached hydrogen (secondary N) is 1. The van der Waals surface area contributed by atoms with E-state index < -0.39 is 10.0 Å². The molecule has 11 heteroatoms. The van der Waals surface area contributed by atoms with Gasteiger partial charge in [-0.15, -0.1) is 0 Å². The fraction of sp³-hybridized carbons (Fsp3) is 0.500. The van der Waals surface area contributed by atoms with Crippen molar-refractivity contribution in [2.75, 3.05) is 40.0 Å². The lowest BCUT2D eigenvalue weighted by atomic mass is 10.1. The Hall–Kier alpha value is -2.73. The van der Waals surface area contributed by atoms with Crippen molar-refractivity contribution in [1.82, 2.24) is 19.1 Å². The molecule has 0 aliphatic carbocycles. The van der Waals surface area contributed by atoms with Gasteiger partial charge in [0, 0.05) is 38.2 Å². The number of aliphatic hydroxyl groups excluding tert-OH is 1. The maximum atomic E-state index is 13.4. The molecular formula is C24H34N4O6S. The number of aromatic amines is 1. The van der Waals surface area contributed by atoms with Gasteiger partial charge in [-0.1, -0.05) is 20.3 Å². The van der Waals surface area contributed by atoms with E-state index in [0.717, 1.165) is 23.9 Å². The number of H-pyrrole nitrogens is 1. The average molecular weight is 507 g/mol. The summed E-state index contributed by atoms with van der Waals surface area (Å²) in [5.74, 6) is 0.465. The number of sulfonamides is 1. The van der Waals surface area contributed by atoms with E-state index in [-0.39, 0.29) is 36.8 Å². The second-order valence-corrected chi connectivity index (χ2v) is 10.2. The number of aliphatic hydroxyl groups is 1. The van der Waals surface area contributed by atoms with Gasteiger partial charge in [-0.2, -0.15) is 9.40 Å². The van der Waals surface area contributed by atoms with Crippen molar-refractivity contribution in [2.24, 2.45) is 7.05 Å². The number of fused-ring (bicyclic) bond motifs is 1. The van der Waals surface area contributed by atoms with Crippen molar-refractivity contribution < 1.29 is 23.0 Å². The Bertz CT molecular complexity index is 1320. The van der Waals surface area contributed by atoms with Crippen molar-refractivity contribution >= 4 is 20.9 Å². The van der Waals surface area contributed by atoms with E-state index in [1.165, 1.54) is 23.5 Å². The molecule has 35 heavy (non-hydrogen) atoms. The molecule has 1 aromatic carbocycles. The monoisotopic (exact) mass is 506 g/mol. The van der Waals surface area contributed by atoms with E-state index in [1.807, 2.05) is 19.9 Å². The number of benzene rings is 1. The van der Waals surface area contributed by atoms with Crippen LogP contribution < -0.4 is 10.3 Å². The van der Waals surface area contributed by atoms with Gasteiger partial charge in [0.15, 0.2) is 0 Å². The zero-order valence-electron chi connectivity index (χ0n) is 20.7. The molecule has 0 bridgehead atoms. The van der Waals surface area contributed by atoms with Crippen LogP contribution in [0.3, 0.4) is 0 Å². The molecule has 3 rings (SSSR count). The van der Waals surface area contributed by atoms with Gasteiger partial charge < -0.3 is 19.6 Å². The largest absolute Gasteiger partial charge is 0.493 e. The number of ether oxygens (including phenoxy) is 2. The third-order valence-corrected chi connectivity index (χ3v) is 7.53. The van der Waals surface area contributed by atoms with Crippen LogP contribution in [0.1, 0.15) is 32.4 Å². The molecule has 192 valence electrons. The summed E-state index contributed by atoms with van der Waals surface area (Å²) in [6, 6.07) is 6.41. The van der Waals surface area contributed by atoms with Crippen molar-refractivity contribution in [3.63, 3.8) is 0 Å². The molecule has 2 aromatic heterocycles. The number of aryl methyl sites for hydroxylation is 2. The number of aromatic nitrogens is 3. The van der Waals surface area contributed by atoms with Gasteiger partial charge in [0.05, 0.1) is 36.1 Å². The molecule has 0 radical (unpaired) electrons. The van der Waals surface area contributed by atoms with Crippen molar-refractivity contribution in [3.8, 4) is 17.0 Å². The number of methoxy groups -OCH3 is 1. The molecular weight excluding hydrogens is 472 g/mol. The average Bonchev–Trinajstić information content (AvgIpc) is 3.15. The Kier molecular flexibility index (Phi) is 9.06. The first-order chi connectivity index (χ1) is 16.8. The molecule has 3 aromatic rings. The Labute approximate surface area is 205 Å². The Balaban J connectivity index is 2.20. The smallest absolute Gasteiger partial charge is 0.274 e. The first kappa shape index (κ1) is 26.9. The first-order valence-corrected chi connectivity index (χ1v) is 13.2. The zero-order chi connectivity index (χ0) is 25.6. The van der Waals surface area contributed by atoms with Crippen molar-refractivity contribution in [2.45, 2.75) is 38.0 Å². The third kappa shape index (κ3) is 5.75. The van der Waals surface area contributed by atoms with Gasteiger partial charge in [0.25, 0.3) is 5.56 Å². The summed E-state index contributed by atoms with van der Waals surface area (Å²) in [5.41, 5.74) is 1.87. The Morgan fingerprint density at radius 3 is 2.57 bits per heavy atom. The molecule has 0 amide bonds. The predicted molar refractivity (Wildman–Crippen MR) is 134 cm³/mol. The van der Waals surface area contributed by atoms with Crippen LogP contribution in [-0.2, 0) is 28.2 Å². The highest BCUT2D eigenvalue weighted by molar-refractivity contribution is 7.89. The molecule has 0 saturated carbocycles. The van der Waals surface area contributed by atoms with Gasteiger partial charge in [-0.3, -0.25) is 9.48 Å². The molecule has 0 spiro atoms. The minimum absolute atomic E-state index is 0.0295. The Morgan fingerprint density at radius 1 is 1.14 bits per heavy atom. The number of pyridine rings is 1. The maximum Gasteiger partial charge on any atom is 0.274 e. The first-order valence-electron chi connectivity index (χ1n) is 11.7. The Morgan fingerprint density at radius 2 is 1.91 bits per heavy atom. The number of rotatable bonds is 13. The molecule has 10 nitrogen and oxygen atoms in total. The van der Waals surface area contributed by atoms with Crippen molar-refractivity contribution in [1.29, 1.82) is 0 Å². The molecule has 2 heterocycles. The summed E-state index contributed by atoms with van der Waals surface area (Å²) in [7, 11) is -0.722. The standard InChI is InChI=1S/C24H34N4O6S/c1-5-7-20-19-16-21(25-24(30)23(19)27(3)26-20)18-15-17(8-9-22(18)34-13-6-2)35(31,32)28(10-12-29)11-14-33-4/h8-9,15-16,29H,5-7,10-14H2,1-4H3,(H,25,30). The number of hydrogen-bond donors (Lipinski definition) is 2.